The molecule has 0 unspecified atom stereocenters. The van der Waals surface area contributed by atoms with Gasteiger partial charge in [0.2, 0.25) is 5.79 Å². The second-order valence-corrected chi connectivity index (χ2v) is 5.94. The number of hydrogen-bond donors (Lipinski definition) is 1. The highest BCUT2D eigenvalue weighted by Gasteiger charge is 2.39. The topological polar surface area (TPSA) is 44.5 Å². The lowest BCUT2D eigenvalue weighted by Crippen LogP contribution is -2.29. The van der Waals surface area contributed by atoms with Crippen molar-refractivity contribution in [1.82, 2.24) is 0 Å². The van der Waals surface area contributed by atoms with E-state index in [-0.39, 0.29) is 5.54 Å². The largest absolute Gasteiger partial charge is 0.449 e. The van der Waals surface area contributed by atoms with Crippen LogP contribution in [0.25, 0.3) is 0 Å². The van der Waals surface area contributed by atoms with Crippen molar-refractivity contribution in [2.24, 2.45) is 5.73 Å². The lowest BCUT2D eigenvalue weighted by atomic mass is 10.0. The SMILES string of the molecule is CC1(C)Oc2cc(Cl)c(CC3(N)CC3)cc2O1. The number of benzene rings is 1. The summed E-state index contributed by atoms with van der Waals surface area (Å²) in [5, 5.41) is 0.710. The first kappa shape index (κ1) is 11.2. The van der Waals surface area contributed by atoms with Crippen LogP contribution < -0.4 is 15.2 Å². The molecular weight excluding hydrogens is 238 g/mol. The molecule has 4 heteroatoms. The molecule has 1 aromatic rings. The molecule has 0 spiro atoms. The number of fused-ring (bicyclic) bond motifs is 1. The normalized spacial score (nSPS) is 22.6. The quantitative estimate of drug-likeness (QED) is 0.882. The van der Waals surface area contributed by atoms with Crippen molar-refractivity contribution in [3.63, 3.8) is 0 Å². The Hall–Kier alpha value is -0.930. The Morgan fingerprint density at radius 3 is 2.41 bits per heavy atom. The molecular formula is C13H16ClNO2. The molecule has 1 aromatic carbocycles. The third-order valence-electron chi connectivity index (χ3n) is 3.26. The Morgan fingerprint density at radius 2 is 1.82 bits per heavy atom. The second kappa shape index (κ2) is 3.30. The fourth-order valence-electron chi connectivity index (χ4n) is 2.14. The zero-order chi connectivity index (χ0) is 12.3. The highest BCUT2D eigenvalue weighted by molar-refractivity contribution is 6.31. The standard InChI is InChI=1S/C13H16ClNO2/c1-12(2)16-10-5-8(7-13(15)3-4-13)9(14)6-11(10)17-12/h5-6H,3-4,7,15H2,1-2H3. The first-order valence-electron chi connectivity index (χ1n) is 5.86. The third-order valence-corrected chi connectivity index (χ3v) is 3.61. The van der Waals surface area contributed by atoms with Crippen LogP contribution >= 0.6 is 11.6 Å². The van der Waals surface area contributed by atoms with E-state index in [4.69, 9.17) is 26.8 Å². The van der Waals surface area contributed by atoms with Crippen molar-refractivity contribution in [2.45, 2.75) is 44.4 Å². The van der Waals surface area contributed by atoms with Gasteiger partial charge in [0.15, 0.2) is 11.5 Å². The van der Waals surface area contributed by atoms with Gasteiger partial charge in [-0.15, -0.1) is 0 Å². The Bertz CT molecular complexity index is 481. The van der Waals surface area contributed by atoms with Gasteiger partial charge in [0, 0.05) is 30.5 Å². The molecule has 0 saturated heterocycles. The summed E-state index contributed by atoms with van der Waals surface area (Å²) in [7, 11) is 0. The zero-order valence-electron chi connectivity index (χ0n) is 10.0. The van der Waals surface area contributed by atoms with Crippen LogP contribution in [0, 0.1) is 0 Å². The van der Waals surface area contributed by atoms with Crippen molar-refractivity contribution in [1.29, 1.82) is 0 Å². The van der Waals surface area contributed by atoms with Crippen LogP contribution in [-0.4, -0.2) is 11.3 Å². The van der Waals surface area contributed by atoms with E-state index >= 15 is 0 Å². The minimum Gasteiger partial charge on any atom is -0.449 e. The van der Waals surface area contributed by atoms with Gasteiger partial charge in [-0.2, -0.15) is 0 Å². The van der Waals surface area contributed by atoms with Crippen LogP contribution in [-0.2, 0) is 6.42 Å². The van der Waals surface area contributed by atoms with Gasteiger partial charge in [-0.05, 0) is 30.9 Å². The van der Waals surface area contributed by atoms with E-state index in [9.17, 15) is 0 Å². The molecule has 1 aliphatic carbocycles. The van der Waals surface area contributed by atoms with E-state index in [1.165, 1.54) is 0 Å². The Labute approximate surface area is 106 Å². The molecule has 3 rings (SSSR count). The summed E-state index contributed by atoms with van der Waals surface area (Å²) in [5.74, 6) is 0.869. The molecule has 0 atom stereocenters. The molecule has 92 valence electrons. The van der Waals surface area contributed by atoms with Crippen LogP contribution in [0.5, 0.6) is 11.5 Å². The highest BCUT2D eigenvalue weighted by Crippen LogP contribution is 2.44. The van der Waals surface area contributed by atoms with Crippen molar-refractivity contribution in [3.8, 4) is 11.5 Å². The Kier molecular flexibility index (Phi) is 2.17. The molecule has 2 N–H and O–H groups in total. The maximum absolute atomic E-state index is 6.24. The summed E-state index contributed by atoms with van der Waals surface area (Å²) in [4.78, 5) is 0. The fraction of sp³-hybridized carbons (Fsp3) is 0.538. The predicted octanol–water partition coefficient (Wildman–Crippen LogP) is 2.88. The monoisotopic (exact) mass is 253 g/mol. The lowest BCUT2D eigenvalue weighted by molar-refractivity contribution is -0.0431. The summed E-state index contributed by atoms with van der Waals surface area (Å²) in [6, 6.07) is 3.78. The van der Waals surface area contributed by atoms with Gasteiger partial charge in [0.1, 0.15) is 0 Å². The lowest BCUT2D eigenvalue weighted by Gasteiger charge is -2.16. The second-order valence-electron chi connectivity index (χ2n) is 5.53. The number of rotatable bonds is 2. The van der Waals surface area contributed by atoms with E-state index in [0.717, 1.165) is 30.6 Å². The third kappa shape index (κ3) is 2.09. The maximum Gasteiger partial charge on any atom is 0.246 e. The Morgan fingerprint density at radius 1 is 1.24 bits per heavy atom. The van der Waals surface area contributed by atoms with E-state index < -0.39 is 5.79 Å². The summed E-state index contributed by atoms with van der Waals surface area (Å²) >= 11 is 6.24. The van der Waals surface area contributed by atoms with Crippen molar-refractivity contribution < 1.29 is 9.47 Å². The van der Waals surface area contributed by atoms with E-state index in [1.807, 2.05) is 26.0 Å². The van der Waals surface area contributed by atoms with E-state index in [0.29, 0.717) is 10.8 Å². The van der Waals surface area contributed by atoms with E-state index in [1.54, 1.807) is 0 Å². The number of ether oxygens (including phenoxy) is 2. The highest BCUT2D eigenvalue weighted by atomic mass is 35.5. The van der Waals surface area contributed by atoms with Crippen LogP contribution in [0.15, 0.2) is 12.1 Å². The molecule has 1 saturated carbocycles. The predicted molar refractivity (Wildman–Crippen MR) is 66.6 cm³/mol. The minimum atomic E-state index is -0.607. The fourth-order valence-corrected chi connectivity index (χ4v) is 2.36. The van der Waals surface area contributed by atoms with E-state index in [2.05, 4.69) is 0 Å². The smallest absolute Gasteiger partial charge is 0.246 e. The van der Waals surface area contributed by atoms with Gasteiger partial charge < -0.3 is 15.2 Å². The number of hydrogen-bond acceptors (Lipinski definition) is 3. The van der Waals surface area contributed by atoms with Gasteiger partial charge in [0.05, 0.1) is 0 Å². The molecule has 0 bridgehead atoms. The van der Waals surface area contributed by atoms with Crippen LogP contribution in [0.1, 0.15) is 32.3 Å². The first-order valence-corrected chi connectivity index (χ1v) is 6.24. The maximum atomic E-state index is 6.24. The summed E-state index contributed by atoms with van der Waals surface area (Å²) in [6.45, 7) is 3.76. The van der Waals surface area contributed by atoms with Crippen LogP contribution in [0.3, 0.4) is 0 Å². The van der Waals surface area contributed by atoms with Gasteiger partial charge in [-0.25, -0.2) is 0 Å². The van der Waals surface area contributed by atoms with Crippen molar-refractivity contribution in [3.05, 3.63) is 22.7 Å². The summed E-state index contributed by atoms with van der Waals surface area (Å²) < 4.78 is 11.3. The molecule has 1 aliphatic heterocycles. The van der Waals surface area contributed by atoms with Crippen LogP contribution in [0.2, 0.25) is 5.02 Å². The molecule has 0 radical (unpaired) electrons. The van der Waals surface area contributed by atoms with Gasteiger partial charge in [-0.1, -0.05) is 11.6 Å². The summed E-state index contributed by atoms with van der Waals surface area (Å²) in [6.07, 6.45) is 2.95. The van der Waals surface area contributed by atoms with Gasteiger partial charge in [-0.3, -0.25) is 0 Å². The Balaban J connectivity index is 1.92. The molecule has 2 aliphatic rings. The first-order chi connectivity index (χ1) is 7.87. The molecule has 17 heavy (non-hydrogen) atoms. The van der Waals surface area contributed by atoms with Gasteiger partial charge in [0.25, 0.3) is 0 Å². The average molecular weight is 254 g/mol. The molecule has 3 nitrogen and oxygen atoms in total. The average Bonchev–Trinajstić information content (AvgIpc) is 2.82. The van der Waals surface area contributed by atoms with Crippen LogP contribution in [0.4, 0.5) is 0 Å². The van der Waals surface area contributed by atoms with Gasteiger partial charge >= 0.3 is 0 Å². The molecule has 0 amide bonds. The summed E-state index contributed by atoms with van der Waals surface area (Å²) in [5.41, 5.74) is 7.11. The van der Waals surface area contributed by atoms with Crippen molar-refractivity contribution >= 4 is 11.6 Å². The molecule has 1 fully saturated rings. The number of halogens is 1. The molecule has 0 aromatic heterocycles. The van der Waals surface area contributed by atoms with Crippen molar-refractivity contribution in [2.75, 3.05) is 0 Å². The minimum absolute atomic E-state index is 0.0488. The molecule has 1 heterocycles. The zero-order valence-corrected chi connectivity index (χ0v) is 10.8. The number of nitrogens with two attached hydrogens (primary N) is 1.